The number of piperidine rings is 1. The van der Waals surface area contributed by atoms with E-state index in [2.05, 4.69) is 4.90 Å². The summed E-state index contributed by atoms with van der Waals surface area (Å²) in [5, 5.41) is 0. The number of ether oxygens (including phenoxy) is 1. The predicted octanol–water partition coefficient (Wildman–Crippen LogP) is 2.82. The molecule has 1 atom stereocenters. The minimum atomic E-state index is -0.854. The van der Waals surface area contributed by atoms with Crippen molar-refractivity contribution in [2.45, 2.75) is 32.2 Å². The van der Waals surface area contributed by atoms with Gasteiger partial charge in [0, 0.05) is 32.7 Å². The molecule has 1 aromatic rings. The van der Waals surface area contributed by atoms with E-state index in [9.17, 15) is 13.6 Å². The van der Waals surface area contributed by atoms with Gasteiger partial charge in [-0.15, -0.1) is 0 Å². The molecule has 6 heteroatoms. The van der Waals surface area contributed by atoms with E-state index in [1.807, 2.05) is 4.90 Å². The Morgan fingerprint density at radius 2 is 2.00 bits per heavy atom. The second-order valence-corrected chi connectivity index (χ2v) is 8.21. The molecule has 4 nitrogen and oxygen atoms in total. The molecule has 1 aromatic carbocycles. The van der Waals surface area contributed by atoms with Crippen LogP contribution < -0.4 is 0 Å². The van der Waals surface area contributed by atoms with Crippen LogP contribution in [0.2, 0.25) is 0 Å². The molecule has 3 saturated heterocycles. The van der Waals surface area contributed by atoms with Crippen LogP contribution in [-0.4, -0.2) is 55.1 Å². The van der Waals surface area contributed by atoms with Gasteiger partial charge in [-0.05, 0) is 61.4 Å². The van der Waals surface area contributed by atoms with E-state index in [4.69, 9.17) is 4.74 Å². The van der Waals surface area contributed by atoms with Crippen LogP contribution >= 0.6 is 0 Å². The van der Waals surface area contributed by atoms with Gasteiger partial charge in [0.05, 0.1) is 6.61 Å². The van der Waals surface area contributed by atoms with E-state index in [1.54, 1.807) is 6.07 Å². The maximum atomic E-state index is 13.4. The first-order valence-corrected chi connectivity index (χ1v) is 9.55. The summed E-state index contributed by atoms with van der Waals surface area (Å²) < 4.78 is 32.0. The molecule has 3 fully saturated rings. The summed E-state index contributed by atoms with van der Waals surface area (Å²) in [6, 6.07) is 3.88. The Balaban J connectivity index is 1.33. The summed E-state index contributed by atoms with van der Waals surface area (Å²) in [4.78, 5) is 16.8. The maximum absolute atomic E-state index is 13.4. The van der Waals surface area contributed by atoms with Crippen molar-refractivity contribution < 1.29 is 18.3 Å². The molecule has 3 aliphatic heterocycles. The highest BCUT2D eigenvalue weighted by atomic mass is 19.2. The molecule has 0 N–H and O–H groups in total. The van der Waals surface area contributed by atoms with E-state index < -0.39 is 11.6 Å². The Labute approximate surface area is 153 Å². The topological polar surface area (TPSA) is 32.8 Å². The first-order chi connectivity index (χ1) is 12.5. The number of hydrogen-bond donors (Lipinski definition) is 0. The molecule has 4 rings (SSSR count). The van der Waals surface area contributed by atoms with E-state index in [0.717, 1.165) is 64.7 Å². The van der Waals surface area contributed by atoms with Gasteiger partial charge in [-0.25, -0.2) is 8.78 Å². The summed E-state index contributed by atoms with van der Waals surface area (Å²) in [7, 11) is 0. The highest BCUT2D eigenvalue weighted by Crippen LogP contribution is 2.41. The molecule has 0 aromatic heterocycles. The second-order valence-electron chi connectivity index (χ2n) is 8.21. The van der Waals surface area contributed by atoms with Gasteiger partial charge in [-0.3, -0.25) is 4.79 Å². The van der Waals surface area contributed by atoms with Gasteiger partial charge in [0.15, 0.2) is 11.6 Å². The van der Waals surface area contributed by atoms with E-state index in [-0.39, 0.29) is 11.3 Å². The van der Waals surface area contributed by atoms with Crippen LogP contribution in [0.15, 0.2) is 18.2 Å². The molecule has 142 valence electrons. The molecule has 0 radical (unpaired) electrons. The largest absolute Gasteiger partial charge is 0.381 e. The van der Waals surface area contributed by atoms with Gasteiger partial charge in [0.25, 0.3) is 0 Å². The zero-order chi connectivity index (χ0) is 18.1. The zero-order valence-electron chi connectivity index (χ0n) is 15.1. The summed E-state index contributed by atoms with van der Waals surface area (Å²) in [5.74, 6) is -0.919. The minimum Gasteiger partial charge on any atom is -0.381 e. The molecule has 3 heterocycles. The molecule has 3 aliphatic rings. The monoisotopic (exact) mass is 364 g/mol. The molecular weight excluding hydrogens is 338 g/mol. The molecule has 0 saturated carbocycles. The molecule has 0 aliphatic carbocycles. The van der Waals surface area contributed by atoms with Crippen molar-refractivity contribution in [1.82, 2.24) is 9.80 Å². The number of carbonyl (C=O) groups is 1. The third-order valence-electron chi connectivity index (χ3n) is 6.22. The summed E-state index contributed by atoms with van der Waals surface area (Å²) >= 11 is 0. The molecule has 0 bridgehead atoms. The maximum Gasteiger partial charge on any atom is 0.223 e. The highest BCUT2D eigenvalue weighted by Gasteiger charge is 2.44. The average molecular weight is 364 g/mol. The zero-order valence-corrected chi connectivity index (χ0v) is 15.1. The third-order valence-corrected chi connectivity index (χ3v) is 6.22. The standard InChI is InChI=1S/C20H26F2N2O2/c21-17-2-1-15(9-18(17)22)12-24-14-20(10-19(24)25)4-6-23(7-5-20)11-16-3-8-26-13-16/h1-2,9,16H,3-8,10-14H2/t16-/m0/s1. The molecule has 1 amide bonds. The van der Waals surface area contributed by atoms with Crippen molar-refractivity contribution >= 4 is 5.91 Å². The highest BCUT2D eigenvalue weighted by molar-refractivity contribution is 5.79. The minimum absolute atomic E-state index is 0.0539. The number of amides is 1. The van der Waals surface area contributed by atoms with E-state index in [1.165, 1.54) is 6.07 Å². The van der Waals surface area contributed by atoms with Crippen LogP contribution in [0.3, 0.4) is 0 Å². The van der Waals surface area contributed by atoms with Crippen molar-refractivity contribution in [3.8, 4) is 0 Å². The van der Waals surface area contributed by atoms with Crippen LogP contribution in [0.4, 0.5) is 8.78 Å². The van der Waals surface area contributed by atoms with Crippen LogP contribution in [0.5, 0.6) is 0 Å². The van der Waals surface area contributed by atoms with Crippen LogP contribution in [-0.2, 0) is 16.1 Å². The Kier molecular flexibility index (Phi) is 4.97. The fourth-order valence-electron chi connectivity index (χ4n) is 4.62. The number of rotatable bonds is 4. The lowest BCUT2D eigenvalue weighted by molar-refractivity contribution is -0.128. The number of nitrogens with zero attached hydrogens (tertiary/aromatic N) is 2. The fourth-order valence-corrected chi connectivity index (χ4v) is 4.62. The smallest absolute Gasteiger partial charge is 0.223 e. The van der Waals surface area contributed by atoms with Crippen molar-refractivity contribution in [3.63, 3.8) is 0 Å². The summed E-state index contributed by atoms with van der Waals surface area (Å²) in [6.07, 6.45) is 3.79. The van der Waals surface area contributed by atoms with Crippen LogP contribution in [0, 0.1) is 23.0 Å². The Bertz CT molecular complexity index is 668. The van der Waals surface area contributed by atoms with Crippen LogP contribution in [0.25, 0.3) is 0 Å². The number of likely N-dealkylation sites (tertiary alicyclic amines) is 2. The van der Waals surface area contributed by atoms with Gasteiger partial charge < -0.3 is 14.5 Å². The summed E-state index contributed by atoms with van der Waals surface area (Å²) in [6.45, 7) is 6.01. The normalized spacial score (nSPS) is 26.2. The van der Waals surface area contributed by atoms with Gasteiger partial charge in [-0.2, -0.15) is 0 Å². The molecular formula is C20H26F2N2O2. The summed E-state index contributed by atoms with van der Waals surface area (Å²) in [5.41, 5.74) is 0.700. The van der Waals surface area contributed by atoms with E-state index in [0.29, 0.717) is 24.4 Å². The van der Waals surface area contributed by atoms with Crippen molar-refractivity contribution in [2.75, 3.05) is 39.4 Å². The van der Waals surface area contributed by atoms with Gasteiger partial charge in [0.2, 0.25) is 5.91 Å². The lowest BCUT2D eigenvalue weighted by Gasteiger charge is -2.39. The number of hydrogen-bond acceptors (Lipinski definition) is 3. The van der Waals surface area contributed by atoms with Crippen molar-refractivity contribution in [2.24, 2.45) is 11.3 Å². The van der Waals surface area contributed by atoms with Gasteiger partial charge in [-0.1, -0.05) is 6.07 Å². The van der Waals surface area contributed by atoms with Crippen LogP contribution in [0.1, 0.15) is 31.2 Å². The second kappa shape index (κ2) is 7.24. The molecule has 1 spiro atoms. The fraction of sp³-hybridized carbons (Fsp3) is 0.650. The molecule has 26 heavy (non-hydrogen) atoms. The van der Waals surface area contributed by atoms with Gasteiger partial charge >= 0.3 is 0 Å². The quantitative estimate of drug-likeness (QED) is 0.824. The Morgan fingerprint density at radius 3 is 2.69 bits per heavy atom. The lowest BCUT2D eigenvalue weighted by Crippen LogP contribution is -2.43. The Morgan fingerprint density at radius 1 is 1.19 bits per heavy atom. The lowest BCUT2D eigenvalue weighted by atomic mass is 9.77. The SMILES string of the molecule is O=C1CC2(CCN(C[C@@H]3CCOC3)CC2)CN1Cc1ccc(F)c(F)c1. The molecule has 0 unspecified atom stereocenters. The predicted molar refractivity (Wildman–Crippen MR) is 93.4 cm³/mol. The Hall–Kier alpha value is -1.53. The first-order valence-electron chi connectivity index (χ1n) is 9.55. The van der Waals surface area contributed by atoms with Crippen molar-refractivity contribution in [1.29, 1.82) is 0 Å². The van der Waals surface area contributed by atoms with E-state index >= 15 is 0 Å². The first kappa shape index (κ1) is 17.9. The number of halogens is 2. The third kappa shape index (κ3) is 3.76. The van der Waals surface area contributed by atoms with Crippen molar-refractivity contribution in [3.05, 3.63) is 35.4 Å². The number of benzene rings is 1. The number of carbonyl (C=O) groups excluding carboxylic acids is 1. The average Bonchev–Trinajstić information content (AvgIpc) is 3.22. The van der Waals surface area contributed by atoms with Gasteiger partial charge in [0.1, 0.15) is 0 Å².